The summed E-state index contributed by atoms with van der Waals surface area (Å²) in [7, 11) is 0. The molecule has 1 aromatic rings. The molecule has 0 amide bonds. The van der Waals surface area contributed by atoms with E-state index in [1.165, 1.54) is 12.8 Å². The van der Waals surface area contributed by atoms with E-state index in [-0.39, 0.29) is 0 Å². The number of fused-ring (bicyclic) bond motifs is 1. The maximum atomic E-state index is 5.90. The van der Waals surface area contributed by atoms with Crippen LogP contribution in [0.5, 0.6) is 5.75 Å². The number of nitrogen functional groups attached to an aromatic ring is 1. The molecule has 1 unspecified atom stereocenters. The van der Waals surface area contributed by atoms with Crippen molar-refractivity contribution in [3.05, 3.63) is 23.3 Å². The van der Waals surface area contributed by atoms with E-state index in [1.54, 1.807) is 0 Å². The minimum atomic E-state index is 0.302. The molecule has 0 saturated carbocycles. The molecule has 0 spiro atoms. The van der Waals surface area contributed by atoms with E-state index in [0.717, 1.165) is 29.2 Å². The fourth-order valence-electron chi connectivity index (χ4n) is 2.38. The third kappa shape index (κ3) is 3.85. The quantitative estimate of drug-likeness (QED) is 0.803. The van der Waals surface area contributed by atoms with Crippen LogP contribution in [-0.2, 0) is 22.7 Å². The van der Waals surface area contributed by atoms with Crippen molar-refractivity contribution >= 4 is 5.69 Å². The monoisotopic (exact) mass is 265 g/mol. The maximum absolute atomic E-state index is 5.90. The van der Waals surface area contributed by atoms with Gasteiger partial charge >= 0.3 is 0 Å². The Bertz CT molecular complexity index is 420. The van der Waals surface area contributed by atoms with Crippen LogP contribution in [0.3, 0.4) is 0 Å². The van der Waals surface area contributed by atoms with Gasteiger partial charge < -0.3 is 19.9 Å². The number of rotatable bonds is 6. The fourth-order valence-corrected chi connectivity index (χ4v) is 2.38. The molecule has 0 radical (unpaired) electrons. The summed E-state index contributed by atoms with van der Waals surface area (Å²) in [6.45, 7) is 6.58. The molecule has 1 atom stereocenters. The second-order valence-corrected chi connectivity index (χ2v) is 5.19. The summed E-state index contributed by atoms with van der Waals surface area (Å²) < 4.78 is 16.6. The molecule has 2 rings (SSSR count). The molecule has 4 heteroatoms. The largest absolute Gasteiger partial charge is 0.467 e. The van der Waals surface area contributed by atoms with E-state index >= 15 is 0 Å². The smallest absolute Gasteiger partial charge is 0.189 e. The lowest BCUT2D eigenvalue weighted by Crippen LogP contribution is -2.14. The number of anilines is 1. The first kappa shape index (κ1) is 14.2. The summed E-state index contributed by atoms with van der Waals surface area (Å²) in [4.78, 5) is 0. The van der Waals surface area contributed by atoms with Crippen molar-refractivity contribution in [2.24, 2.45) is 5.92 Å². The number of hydrogen-bond acceptors (Lipinski definition) is 4. The van der Waals surface area contributed by atoms with Gasteiger partial charge in [0.2, 0.25) is 0 Å². The molecule has 0 aromatic heterocycles. The minimum Gasteiger partial charge on any atom is -0.467 e. The van der Waals surface area contributed by atoms with Crippen LogP contribution < -0.4 is 10.5 Å². The van der Waals surface area contributed by atoms with Crippen molar-refractivity contribution in [2.45, 2.75) is 39.9 Å². The second kappa shape index (κ2) is 6.78. The van der Waals surface area contributed by atoms with Crippen LogP contribution in [0.4, 0.5) is 5.69 Å². The van der Waals surface area contributed by atoms with E-state index in [2.05, 4.69) is 13.8 Å². The third-order valence-corrected chi connectivity index (χ3v) is 3.25. The van der Waals surface area contributed by atoms with Crippen LogP contribution >= 0.6 is 0 Å². The van der Waals surface area contributed by atoms with E-state index < -0.39 is 0 Å². The van der Waals surface area contributed by atoms with Crippen LogP contribution in [0.15, 0.2) is 12.1 Å². The maximum Gasteiger partial charge on any atom is 0.189 e. The molecule has 1 aliphatic heterocycles. The molecule has 1 aromatic carbocycles. The number of benzene rings is 1. The van der Waals surface area contributed by atoms with Crippen LogP contribution in [0, 0.1) is 5.92 Å². The second-order valence-electron chi connectivity index (χ2n) is 5.19. The van der Waals surface area contributed by atoms with Gasteiger partial charge in [0.05, 0.1) is 13.2 Å². The molecule has 0 fully saturated rings. The number of ether oxygens (including phenoxy) is 3. The van der Waals surface area contributed by atoms with E-state index in [4.69, 9.17) is 19.9 Å². The van der Waals surface area contributed by atoms with Gasteiger partial charge in [-0.2, -0.15) is 0 Å². The van der Waals surface area contributed by atoms with Crippen LogP contribution in [0.1, 0.15) is 37.8 Å². The first-order valence-electron chi connectivity index (χ1n) is 6.90. The Kier molecular flexibility index (Phi) is 5.05. The van der Waals surface area contributed by atoms with Crippen LogP contribution in [0.2, 0.25) is 0 Å². The molecule has 1 heterocycles. The van der Waals surface area contributed by atoms with Crippen molar-refractivity contribution in [1.82, 2.24) is 0 Å². The SMILES string of the molecule is CCCC(C)COCc1cc(N)cc2c1OCOC2. The van der Waals surface area contributed by atoms with Crippen LogP contribution in [-0.4, -0.2) is 13.4 Å². The van der Waals surface area contributed by atoms with Gasteiger partial charge in [0.25, 0.3) is 0 Å². The standard InChI is InChI=1S/C15H23NO3/c1-3-4-11(2)7-17-8-12-5-14(16)6-13-9-18-10-19-15(12)13/h5-6,11H,3-4,7-10,16H2,1-2H3. The van der Waals surface area contributed by atoms with Gasteiger partial charge in [-0.3, -0.25) is 0 Å². The molecule has 4 nitrogen and oxygen atoms in total. The summed E-state index contributed by atoms with van der Waals surface area (Å²) in [5.41, 5.74) is 8.65. The Balaban J connectivity index is 1.98. The van der Waals surface area contributed by atoms with Crippen molar-refractivity contribution in [2.75, 3.05) is 19.1 Å². The van der Waals surface area contributed by atoms with E-state index in [9.17, 15) is 0 Å². The summed E-state index contributed by atoms with van der Waals surface area (Å²) >= 11 is 0. The molecule has 0 bridgehead atoms. The van der Waals surface area contributed by atoms with Crippen molar-refractivity contribution in [1.29, 1.82) is 0 Å². The lowest BCUT2D eigenvalue weighted by Gasteiger charge is -2.21. The molecule has 19 heavy (non-hydrogen) atoms. The third-order valence-electron chi connectivity index (χ3n) is 3.25. The van der Waals surface area contributed by atoms with Gasteiger partial charge in [-0.05, 0) is 24.5 Å². The van der Waals surface area contributed by atoms with Gasteiger partial charge in [-0.25, -0.2) is 0 Å². The normalized spacial score (nSPS) is 15.7. The Morgan fingerprint density at radius 1 is 1.42 bits per heavy atom. The summed E-state index contributed by atoms with van der Waals surface area (Å²) in [5, 5.41) is 0. The predicted octanol–water partition coefficient (Wildman–Crippen LogP) is 3.09. The zero-order valence-corrected chi connectivity index (χ0v) is 11.8. The topological polar surface area (TPSA) is 53.7 Å². The summed E-state index contributed by atoms with van der Waals surface area (Å²) in [6.07, 6.45) is 2.39. The Hall–Kier alpha value is -1.26. The highest BCUT2D eigenvalue weighted by molar-refractivity contribution is 5.53. The summed E-state index contributed by atoms with van der Waals surface area (Å²) in [6, 6.07) is 3.83. The Labute approximate surface area is 114 Å². The molecular weight excluding hydrogens is 242 g/mol. The summed E-state index contributed by atoms with van der Waals surface area (Å²) in [5.74, 6) is 1.47. The van der Waals surface area contributed by atoms with Crippen molar-refractivity contribution < 1.29 is 14.2 Å². The highest BCUT2D eigenvalue weighted by Crippen LogP contribution is 2.31. The lowest BCUT2D eigenvalue weighted by molar-refractivity contribution is -0.0186. The van der Waals surface area contributed by atoms with Crippen molar-refractivity contribution in [3.63, 3.8) is 0 Å². The lowest BCUT2D eigenvalue weighted by atomic mass is 10.1. The van der Waals surface area contributed by atoms with E-state index in [1.807, 2.05) is 12.1 Å². The van der Waals surface area contributed by atoms with Gasteiger partial charge in [0, 0.05) is 23.4 Å². The predicted molar refractivity (Wildman–Crippen MR) is 74.9 cm³/mol. The van der Waals surface area contributed by atoms with Gasteiger partial charge in [0.15, 0.2) is 6.79 Å². The number of hydrogen-bond donors (Lipinski definition) is 1. The van der Waals surface area contributed by atoms with Crippen molar-refractivity contribution in [3.8, 4) is 5.75 Å². The Morgan fingerprint density at radius 3 is 3.05 bits per heavy atom. The average Bonchev–Trinajstić information content (AvgIpc) is 2.38. The Morgan fingerprint density at radius 2 is 2.26 bits per heavy atom. The molecule has 106 valence electrons. The van der Waals surface area contributed by atoms with Crippen LogP contribution in [0.25, 0.3) is 0 Å². The van der Waals surface area contributed by atoms with Gasteiger partial charge in [-0.15, -0.1) is 0 Å². The minimum absolute atomic E-state index is 0.302. The first-order chi connectivity index (χ1) is 9.20. The van der Waals surface area contributed by atoms with Gasteiger partial charge in [-0.1, -0.05) is 20.3 Å². The fraction of sp³-hybridized carbons (Fsp3) is 0.600. The number of nitrogens with two attached hydrogens (primary N) is 1. The zero-order valence-electron chi connectivity index (χ0n) is 11.8. The average molecular weight is 265 g/mol. The highest BCUT2D eigenvalue weighted by atomic mass is 16.7. The highest BCUT2D eigenvalue weighted by Gasteiger charge is 2.16. The molecule has 2 N–H and O–H groups in total. The molecular formula is C15H23NO3. The van der Waals surface area contributed by atoms with Gasteiger partial charge in [0.1, 0.15) is 5.75 Å². The van der Waals surface area contributed by atoms with E-state index in [0.29, 0.717) is 25.9 Å². The molecule has 1 aliphatic rings. The first-order valence-corrected chi connectivity index (χ1v) is 6.90. The molecule has 0 aliphatic carbocycles. The molecule has 0 saturated heterocycles. The zero-order chi connectivity index (χ0) is 13.7.